The Morgan fingerprint density at radius 1 is 1.10 bits per heavy atom. The Labute approximate surface area is 126 Å². The van der Waals surface area contributed by atoms with E-state index in [1.54, 1.807) is 31.3 Å². The second-order valence-corrected chi connectivity index (χ2v) is 5.25. The van der Waals surface area contributed by atoms with Gasteiger partial charge in [-0.15, -0.1) is 0 Å². The average molecular weight is 316 g/mol. The number of rotatable bonds is 4. The van der Waals surface area contributed by atoms with E-state index in [1.807, 2.05) is 0 Å². The standard InChI is InChI=1S/C15H13Cl2F2N/c1-20-14(9-5-6-13(18)12(17)7-9)8-10-3-2-4-11(16)15(10)19/h2-7,14,20H,8H2,1H3. The van der Waals surface area contributed by atoms with Gasteiger partial charge in [-0.25, -0.2) is 8.78 Å². The van der Waals surface area contributed by atoms with Crippen LogP contribution in [0.1, 0.15) is 17.2 Å². The summed E-state index contributed by atoms with van der Waals surface area (Å²) in [6.45, 7) is 0. The van der Waals surface area contributed by atoms with E-state index in [0.29, 0.717) is 12.0 Å². The number of hydrogen-bond acceptors (Lipinski definition) is 1. The van der Waals surface area contributed by atoms with Gasteiger partial charge in [-0.3, -0.25) is 0 Å². The molecule has 0 aromatic heterocycles. The molecule has 0 bridgehead atoms. The molecule has 2 aromatic rings. The first-order valence-electron chi connectivity index (χ1n) is 6.08. The molecule has 0 heterocycles. The van der Waals surface area contributed by atoms with Gasteiger partial charge in [0.1, 0.15) is 11.6 Å². The predicted octanol–water partition coefficient (Wildman–Crippen LogP) is 4.77. The number of nitrogens with one attached hydrogen (secondary N) is 1. The van der Waals surface area contributed by atoms with E-state index in [1.165, 1.54) is 12.1 Å². The van der Waals surface area contributed by atoms with Crippen LogP contribution in [0.2, 0.25) is 10.0 Å². The molecule has 2 rings (SSSR count). The molecular formula is C15H13Cl2F2N. The first kappa shape index (κ1) is 15.2. The van der Waals surface area contributed by atoms with Gasteiger partial charge in [0.25, 0.3) is 0 Å². The summed E-state index contributed by atoms with van der Waals surface area (Å²) in [6, 6.07) is 9.17. The summed E-state index contributed by atoms with van der Waals surface area (Å²) in [4.78, 5) is 0. The highest BCUT2D eigenvalue weighted by Gasteiger charge is 2.15. The largest absolute Gasteiger partial charge is 0.313 e. The van der Waals surface area contributed by atoms with Crippen LogP contribution in [0, 0.1) is 11.6 Å². The van der Waals surface area contributed by atoms with Gasteiger partial charge in [0.15, 0.2) is 0 Å². The molecule has 0 saturated heterocycles. The van der Waals surface area contributed by atoms with Crippen molar-refractivity contribution in [3.8, 4) is 0 Å². The monoisotopic (exact) mass is 315 g/mol. The van der Waals surface area contributed by atoms with Crippen molar-refractivity contribution in [2.24, 2.45) is 0 Å². The molecule has 5 heteroatoms. The minimum Gasteiger partial charge on any atom is -0.313 e. The van der Waals surface area contributed by atoms with Crippen LogP contribution >= 0.6 is 23.2 Å². The maximum absolute atomic E-state index is 13.9. The highest BCUT2D eigenvalue weighted by molar-refractivity contribution is 6.31. The molecule has 1 atom stereocenters. The molecule has 0 aliphatic carbocycles. The Morgan fingerprint density at radius 3 is 2.50 bits per heavy atom. The fourth-order valence-electron chi connectivity index (χ4n) is 2.04. The minimum atomic E-state index is -0.473. The quantitative estimate of drug-likeness (QED) is 0.856. The Kier molecular flexibility index (Phi) is 4.97. The van der Waals surface area contributed by atoms with Crippen LogP contribution in [0.4, 0.5) is 8.78 Å². The van der Waals surface area contributed by atoms with E-state index in [-0.39, 0.29) is 16.1 Å². The average Bonchev–Trinajstić information content (AvgIpc) is 2.44. The molecule has 1 N–H and O–H groups in total. The van der Waals surface area contributed by atoms with Gasteiger partial charge in [-0.2, -0.15) is 0 Å². The smallest absolute Gasteiger partial charge is 0.145 e. The van der Waals surface area contributed by atoms with Crippen molar-refractivity contribution in [2.75, 3.05) is 7.05 Å². The van der Waals surface area contributed by atoms with Gasteiger partial charge in [-0.1, -0.05) is 41.4 Å². The zero-order chi connectivity index (χ0) is 14.7. The number of likely N-dealkylation sites (N-methyl/N-ethyl adjacent to an activating group) is 1. The van der Waals surface area contributed by atoms with Crippen molar-refractivity contribution >= 4 is 23.2 Å². The molecule has 1 nitrogen and oxygen atoms in total. The Hall–Kier alpha value is -1.16. The van der Waals surface area contributed by atoms with E-state index < -0.39 is 11.6 Å². The van der Waals surface area contributed by atoms with Crippen LogP contribution in [0.3, 0.4) is 0 Å². The lowest BCUT2D eigenvalue weighted by atomic mass is 9.98. The molecule has 0 saturated carbocycles. The van der Waals surface area contributed by atoms with Crippen molar-refractivity contribution < 1.29 is 8.78 Å². The molecule has 20 heavy (non-hydrogen) atoms. The Balaban J connectivity index is 2.28. The summed E-state index contributed by atoms with van der Waals surface area (Å²) in [5.41, 5.74) is 1.29. The minimum absolute atomic E-state index is 0.0503. The third-order valence-electron chi connectivity index (χ3n) is 3.15. The predicted molar refractivity (Wildman–Crippen MR) is 78.3 cm³/mol. The van der Waals surface area contributed by atoms with Crippen LogP contribution in [0.5, 0.6) is 0 Å². The molecule has 1 unspecified atom stereocenters. The molecule has 0 aliphatic rings. The Bertz CT molecular complexity index is 617. The van der Waals surface area contributed by atoms with Gasteiger partial charge < -0.3 is 5.32 Å². The molecule has 106 valence electrons. The molecule has 0 radical (unpaired) electrons. The van der Waals surface area contributed by atoms with Crippen molar-refractivity contribution in [1.29, 1.82) is 0 Å². The lowest BCUT2D eigenvalue weighted by molar-refractivity contribution is 0.553. The highest BCUT2D eigenvalue weighted by Crippen LogP contribution is 2.26. The van der Waals surface area contributed by atoms with Gasteiger partial charge in [0.2, 0.25) is 0 Å². The van der Waals surface area contributed by atoms with Gasteiger partial charge in [-0.05, 0) is 42.8 Å². The third kappa shape index (κ3) is 3.29. The zero-order valence-electron chi connectivity index (χ0n) is 10.8. The Morgan fingerprint density at radius 2 is 1.85 bits per heavy atom. The van der Waals surface area contributed by atoms with E-state index in [2.05, 4.69) is 5.32 Å². The van der Waals surface area contributed by atoms with E-state index in [9.17, 15) is 8.78 Å². The fourth-order valence-corrected chi connectivity index (χ4v) is 2.42. The van der Waals surface area contributed by atoms with E-state index in [0.717, 1.165) is 5.56 Å². The highest BCUT2D eigenvalue weighted by atomic mass is 35.5. The lowest BCUT2D eigenvalue weighted by Crippen LogP contribution is -2.19. The summed E-state index contributed by atoms with van der Waals surface area (Å²) in [5.74, 6) is -0.901. The lowest BCUT2D eigenvalue weighted by Gasteiger charge is -2.18. The van der Waals surface area contributed by atoms with Gasteiger partial charge in [0, 0.05) is 6.04 Å². The summed E-state index contributed by atoms with van der Waals surface area (Å²) in [7, 11) is 1.75. The summed E-state index contributed by atoms with van der Waals surface area (Å²) in [5, 5.41) is 3.21. The van der Waals surface area contributed by atoms with Gasteiger partial charge in [0.05, 0.1) is 10.0 Å². The third-order valence-corrected chi connectivity index (χ3v) is 3.73. The summed E-state index contributed by atoms with van der Waals surface area (Å²) in [6.07, 6.45) is 0.394. The number of benzene rings is 2. The fraction of sp³-hybridized carbons (Fsp3) is 0.200. The van der Waals surface area contributed by atoms with Gasteiger partial charge >= 0.3 is 0 Å². The molecule has 0 spiro atoms. The van der Waals surface area contributed by atoms with Crippen LogP contribution in [0.15, 0.2) is 36.4 Å². The zero-order valence-corrected chi connectivity index (χ0v) is 12.3. The van der Waals surface area contributed by atoms with Crippen molar-refractivity contribution in [2.45, 2.75) is 12.5 Å². The number of halogens is 4. The van der Waals surface area contributed by atoms with Crippen molar-refractivity contribution in [3.63, 3.8) is 0 Å². The van der Waals surface area contributed by atoms with Crippen molar-refractivity contribution in [3.05, 3.63) is 69.2 Å². The SMILES string of the molecule is CNC(Cc1cccc(Cl)c1F)c1ccc(F)c(Cl)c1. The van der Waals surface area contributed by atoms with E-state index >= 15 is 0 Å². The molecule has 0 amide bonds. The topological polar surface area (TPSA) is 12.0 Å². The van der Waals surface area contributed by atoms with Crippen LogP contribution in [-0.4, -0.2) is 7.05 Å². The molecule has 0 aliphatic heterocycles. The maximum atomic E-state index is 13.9. The normalized spacial score (nSPS) is 12.4. The second kappa shape index (κ2) is 6.53. The van der Waals surface area contributed by atoms with Crippen LogP contribution in [0.25, 0.3) is 0 Å². The first-order valence-corrected chi connectivity index (χ1v) is 6.83. The first-order chi connectivity index (χ1) is 9.52. The number of hydrogen-bond donors (Lipinski definition) is 1. The maximum Gasteiger partial charge on any atom is 0.145 e. The van der Waals surface area contributed by atoms with E-state index in [4.69, 9.17) is 23.2 Å². The second-order valence-electron chi connectivity index (χ2n) is 4.43. The van der Waals surface area contributed by atoms with Crippen molar-refractivity contribution in [1.82, 2.24) is 5.32 Å². The molecule has 2 aromatic carbocycles. The molecule has 0 fully saturated rings. The van der Waals surface area contributed by atoms with Crippen LogP contribution < -0.4 is 5.32 Å². The summed E-state index contributed by atoms with van der Waals surface area (Å²) >= 11 is 11.5. The summed E-state index contributed by atoms with van der Waals surface area (Å²) < 4.78 is 27.1. The van der Waals surface area contributed by atoms with Crippen LogP contribution in [-0.2, 0) is 6.42 Å². The molecular weight excluding hydrogens is 303 g/mol.